The molecule has 1 aromatic rings. The van der Waals surface area contributed by atoms with Gasteiger partial charge in [-0.25, -0.2) is 0 Å². The van der Waals surface area contributed by atoms with Crippen LogP contribution < -0.4 is 0 Å². The Balaban J connectivity index is 0.000001000. The SMILES string of the molecule is CCC(CCl)n1cccn1.Cl. The third-order valence-corrected chi connectivity index (χ3v) is 1.90. The van der Waals surface area contributed by atoms with Crippen LogP contribution in [0.4, 0.5) is 0 Å². The maximum Gasteiger partial charge on any atom is 0.0651 e. The van der Waals surface area contributed by atoms with Gasteiger partial charge in [-0.1, -0.05) is 6.92 Å². The van der Waals surface area contributed by atoms with E-state index in [2.05, 4.69) is 12.0 Å². The normalized spacial score (nSPS) is 12.2. The van der Waals surface area contributed by atoms with Gasteiger partial charge in [0, 0.05) is 18.3 Å². The van der Waals surface area contributed by atoms with Crippen LogP contribution in [0.15, 0.2) is 18.5 Å². The summed E-state index contributed by atoms with van der Waals surface area (Å²) in [4.78, 5) is 0. The quantitative estimate of drug-likeness (QED) is 0.677. The summed E-state index contributed by atoms with van der Waals surface area (Å²) in [5, 5.41) is 4.09. The summed E-state index contributed by atoms with van der Waals surface area (Å²) in [5.41, 5.74) is 0. The van der Waals surface area contributed by atoms with Gasteiger partial charge in [0.05, 0.1) is 6.04 Å². The number of hydrogen-bond donors (Lipinski definition) is 0. The fraction of sp³-hybridized carbons (Fsp3) is 0.571. The number of nitrogens with zero attached hydrogens (tertiary/aromatic N) is 2. The van der Waals surface area contributed by atoms with Gasteiger partial charge in [0.15, 0.2) is 0 Å². The maximum absolute atomic E-state index is 5.70. The van der Waals surface area contributed by atoms with Gasteiger partial charge in [0.2, 0.25) is 0 Å². The molecule has 2 nitrogen and oxygen atoms in total. The molecule has 0 fully saturated rings. The topological polar surface area (TPSA) is 17.8 Å². The molecule has 1 atom stereocenters. The lowest BCUT2D eigenvalue weighted by Gasteiger charge is -2.10. The molecule has 64 valence electrons. The first-order chi connectivity index (χ1) is 4.88. The average Bonchev–Trinajstić information content (AvgIpc) is 2.43. The molecular formula is C7H12Cl2N2. The first-order valence-electron chi connectivity index (χ1n) is 3.43. The molecule has 1 rings (SSSR count). The number of aromatic nitrogens is 2. The Labute approximate surface area is 78.0 Å². The Kier molecular flexibility index (Phi) is 5.34. The third-order valence-electron chi connectivity index (χ3n) is 1.55. The van der Waals surface area contributed by atoms with Crippen molar-refractivity contribution in [1.29, 1.82) is 0 Å². The molecule has 0 N–H and O–H groups in total. The molecule has 11 heavy (non-hydrogen) atoms. The standard InChI is InChI=1S/C7H11ClN2.ClH/c1-2-7(6-8)10-5-3-4-9-10;/h3-5,7H,2,6H2,1H3;1H. The summed E-state index contributed by atoms with van der Waals surface area (Å²) >= 11 is 5.70. The van der Waals surface area contributed by atoms with E-state index in [0.29, 0.717) is 11.9 Å². The number of halogens is 2. The van der Waals surface area contributed by atoms with Crippen LogP contribution in [-0.2, 0) is 0 Å². The summed E-state index contributed by atoms with van der Waals surface area (Å²) in [6.45, 7) is 2.11. The minimum atomic E-state index is 0. The molecule has 0 aromatic carbocycles. The summed E-state index contributed by atoms with van der Waals surface area (Å²) in [7, 11) is 0. The summed E-state index contributed by atoms with van der Waals surface area (Å²) in [5.74, 6) is 0.637. The highest BCUT2D eigenvalue weighted by molar-refractivity contribution is 6.18. The van der Waals surface area contributed by atoms with E-state index in [-0.39, 0.29) is 12.4 Å². The van der Waals surface area contributed by atoms with Crippen molar-refractivity contribution in [1.82, 2.24) is 9.78 Å². The van der Waals surface area contributed by atoms with Crippen LogP contribution in [0.25, 0.3) is 0 Å². The van der Waals surface area contributed by atoms with Gasteiger partial charge >= 0.3 is 0 Å². The van der Waals surface area contributed by atoms with E-state index < -0.39 is 0 Å². The van der Waals surface area contributed by atoms with E-state index in [1.165, 1.54) is 0 Å². The van der Waals surface area contributed by atoms with Gasteiger partial charge in [-0.15, -0.1) is 24.0 Å². The zero-order valence-corrected chi connectivity index (χ0v) is 7.98. The second-order valence-electron chi connectivity index (χ2n) is 2.20. The number of rotatable bonds is 3. The van der Waals surface area contributed by atoms with E-state index in [1.807, 2.05) is 16.9 Å². The zero-order valence-electron chi connectivity index (χ0n) is 6.40. The lowest BCUT2D eigenvalue weighted by Crippen LogP contribution is -2.09. The largest absolute Gasteiger partial charge is 0.269 e. The maximum atomic E-state index is 5.70. The lowest BCUT2D eigenvalue weighted by atomic mass is 10.3. The van der Waals surface area contributed by atoms with Crippen LogP contribution in [0.3, 0.4) is 0 Å². The molecule has 0 spiro atoms. The van der Waals surface area contributed by atoms with Crippen molar-refractivity contribution >= 4 is 24.0 Å². The van der Waals surface area contributed by atoms with Crippen molar-refractivity contribution in [3.63, 3.8) is 0 Å². The second-order valence-corrected chi connectivity index (χ2v) is 2.51. The van der Waals surface area contributed by atoms with Gasteiger partial charge in [-0.3, -0.25) is 4.68 Å². The predicted octanol–water partition coefficient (Wildman–Crippen LogP) is 2.49. The molecule has 0 saturated carbocycles. The third kappa shape index (κ3) is 2.72. The Morgan fingerprint density at radius 1 is 1.64 bits per heavy atom. The molecule has 1 unspecified atom stereocenters. The first-order valence-corrected chi connectivity index (χ1v) is 3.97. The number of hydrogen-bond acceptors (Lipinski definition) is 1. The molecule has 0 amide bonds. The highest BCUT2D eigenvalue weighted by atomic mass is 35.5. The van der Waals surface area contributed by atoms with Crippen molar-refractivity contribution in [2.75, 3.05) is 5.88 Å². The smallest absolute Gasteiger partial charge is 0.0651 e. The monoisotopic (exact) mass is 194 g/mol. The highest BCUT2D eigenvalue weighted by Gasteiger charge is 2.04. The van der Waals surface area contributed by atoms with Gasteiger partial charge in [-0.05, 0) is 12.5 Å². The molecular weight excluding hydrogens is 183 g/mol. The Morgan fingerprint density at radius 2 is 2.36 bits per heavy atom. The summed E-state index contributed by atoms with van der Waals surface area (Å²) in [6.07, 6.45) is 4.75. The van der Waals surface area contributed by atoms with Crippen LogP contribution in [0, 0.1) is 0 Å². The lowest BCUT2D eigenvalue weighted by molar-refractivity contribution is 0.483. The summed E-state index contributed by atoms with van der Waals surface area (Å²) in [6, 6.07) is 2.27. The van der Waals surface area contributed by atoms with Crippen molar-refractivity contribution in [2.45, 2.75) is 19.4 Å². The molecule has 1 heterocycles. The molecule has 0 aliphatic carbocycles. The fourth-order valence-corrected chi connectivity index (χ4v) is 1.22. The molecule has 0 radical (unpaired) electrons. The molecule has 0 aliphatic rings. The van der Waals surface area contributed by atoms with E-state index in [9.17, 15) is 0 Å². The van der Waals surface area contributed by atoms with E-state index in [4.69, 9.17) is 11.6 Å². The van der Waals surface area contributed by atoms with Crippen LogP contribution in [0.1, 0.15) is 19.4 Å². The highest BCUT2D eigenvalue weighted by Crippen LogP contribution is 2.10. The van der Waals surface area contributed by atoms with Gasteiger partial charge in [0.25, 0.3) is 0 Å². The van der Waals surface area contributed by atoms with Crippen molar-refractivity contribution in [3.8, 4) is 0 Å². The number of alkyl halides is 1. The minimum absolute atomic E-state index is 0. The molecule has 1 aromatic heterocycles. The van der Waals surface area contributed by atoms with Crippen molar-refractivity contribution < 1.29 is 0 Å². The fourth-order valence-electron chi connectivity index (χ4n) is 0.863. The van der Waals surface area contributed by atoms with Crippen molar-refractivity contribution in [3.05, 3.63) is 18.5 Å². The van der Waals surface area contributed by atoms with Gasteiger partial charge < -0.3 is 0 Å². The first kappa shape index (κ1) is 10.8. The molecule has 4 heteroatoms. The Morgan fingerprint density at radius 3 is 2.73 bits per heavy atom. The zero-order chi connectivity index (χ0) is 7.40. The minimum Gasteiger partial charge on any atom is -0.269 e. The van der Waals surface area contributed by atoms with Crippen LogP contribution in [-0.4, -0.2) is 15.7 Å². The van der Waals surface area contributed by atoms with Crippen LogP contribution in [0.5, 0.6) is 0 Å². The second kappa shape index (κ2) is 5.44. The molecule has 0 bridgehead atoms. The predicted molar refractivity (Wildman–Crippen MR) is 49.5 cm³/mol. The average molecular weight is 195 g/mol. The van der Waals surface area contributed by atoms with E-state index in [0.717, 1.165) is 6.42 Å². The van der Waals surface area contributed by atoms with Crippen LogP contribution >= 0.6 is 24.0 Å². The molecule has 0 aliphatic heterocycles. The van der Waals surface area contributed by atoms with E-state index in [1.54, 1.807) is 6.20 Å². The molecule has 0 saturated heterocycles. The van der Waals surface area contributed by atoms with Crippen molar-refractivity contribution in [2.24, 2.45) is 0 Å². The van der Waals surface area contributed by atoms with Gasteiger partial charge in [-0.2, -0.15) is 5.10 Å². The van der Waals surface area contributed by atoms with Crippen LogP contribution in [0.2, 0.25) is 0 Å². The Hall–Kier alpha value is -0.210. The van der Waals surface area contributed by atoms with E-state index >= 15 is 0 Å². The summed E-state index contributed by atoms with van der Waals surface area (Å²) < 4.78 is 1.90. The van der Waals surface area contributed by atoms with Gasteiger partial charge in [0.1, 0.15) is 0 Å². The Bertz CT molecular complexity index is 171.